The van der Waals surface area contributed by atoms with Crippen LogP contribution >= 0.6 is 0 Å². The highest BCUT2D eigenvalue weighted by molar-refractivity contribution is 5.99. The molecule has 186 valence electrons. The van der Waals surface area contributed by atoms with Crippen LogP contribution in [0.1, 0.15) is 94.8 Å². The zero-order valence-electron chi connectivity index (χ0n) is 19.8. The minimum absolute atomic E-state index is 0.0666. The molecule has 33 heavy (non-hydrogen) atoms. The van der Waals surface area contributed by atoms with E-state index in [4.69, 9.17) is 9.47 Å². The Balaban J connectivity index is 1.48. The number of aromatic hydroxyl groups is 1. The van der Waals surface area contributed by atoms with E-state index < -0.39 is 23.6 Å². The van der Waals surface area contributed by atoms with E-state index in [0.29, 0.717) is 44.4 Å². The summed E-state index contributed by atoms with van der Waals surface area (Å²) in [6, 6.07) is 2.69. The van der Waals surface area contributed by atoms with Crippen molar-refractivity contribution in [2.75, 3.05) is 6.61 Å². The molecule has 7 heteroatoms. The molecule has 2 saturated carbocycles. The summed E-state index contributed by atoms with van der Waals surface area (Å²) >= 11 is 0. The number of phenols is 1. The van der Waals surface area contributed by atoms with Gasteiger partial charge < -0.3 is 14.6 Å². The number of carbonyl (C=O) groups excluding carboxylic acids is 1. The van der Waals surface area contributed by atoms with E-state index in [1.165, 1.54) is 12.1 Å². The van der Waals surface area contributed by atoms with Crippen molar-refractivity contribution in [1.29, 1.82) is 0 Å². The summed E-state index contributed by atoms with van der Waals surface area (Å²) < 4.78 is 54.2. The minimum Gasteiger partial charge on any atom is -0.504 e. The zero-order valence-corrected chi connectivity index (χ0v) is 19.8. The molecule has 0 aliphatic heterocycles. The van der Waals surface area contributed by atoms with Gasteiger partial charge in [-0.25, -0.2) is 0 Å². The second-order valence-electron chi connectivity index (χ2n) is 9.66. The lowest BCUT2D eigenvalue weighted by molar-refractivity contribution is -0.301. The van der Waals surface area contributed by atoms with Gasteiger partial charge in [-0.05, 0) is 82.3 Å². The van der Waals surface area contributed by atoms with Gasteiger partial charge in [0, 0.05) is 6.42 Å². The van der Waals surface area contributed by atoms with Crippen LogP contribution < -0.4 is 4.74 Å². The molecule has 4 nitrogen and oxygen atoms in total. The summed E-state index contributed by atoms with van der Waals surface area (Å²) in [6.07, 6.45) is 3.75. The van der Waals surface area contributed by atoms with Crippen LogP contribution in [0, 0.1) is 23.6 Å². The Bertz CT molecular complexity index is 782. The van der Waals surface area contributed by atoms with Gasteiger partial charge >= 0.3 is 6.11 Å². The fraction of sp³-hybridized carbons (Fsp3) is 0.731. The molecule has 0 radical (unpaired) electrons. The number of Topliss-reactive ketones (excluding diaryl/α,β-unsaturated/α-hetero) is 1. The SMILES string of the molecule is CCCC1CCC(OC(F)(F)C2CCC(CC(=O)c3ccc(OCC)c(F)c3O)CC2)CC1. The van der Waals surface area contributed by atoms with E-state index >= 15 is 0 Å². The van der Waals surface area contributed by atoms with Gasteiger partial charge in [0.05, 0.1) is 24.2 Å². The maximum absolute atomic E-state index is 14.8. The Morgan fingerprint density at radius 3 is 2.27 bits per heavy atom. The molecule has 2 aliphatic carbocycles. The molecule has 0 atom stereocenters. The molecule has 3 rings (SSSR count). The van der Waals surface area contributed by atoms with Gasteiger partial charge in [0.1, 0.15) is 0 Å². The number of alkyl halides is 2. The van der Waals surface area contributed by atoms with E-state index in [9.17, 15) is 23.1 Å². The predicted octanol–water partition coefficient (Wildman–Crippen LogP) is 7.28. The topological polar surface area (TPSA) is 55.8 Å². The Hall–Kier alpha value is -1.76. The van der Waals surface area contributed by atoms with Gasteiger partial charge in [-0.15, -0.1) is 0 Å². The molecule has 0 saturated heterocycles. The molecule has 0 heterocycles. The van der Waals surface area contributed by atoms with Crippen molar-refractivity contribution < 1.29 is 32.5 Å². The van der Waals surface area contributed by atoms with Crippen LogP contribution in [0.5, 0.6) is 11.5 Å². The second kappa shape index (κ2) is 11.6. The molecule has 0 unspecified atom stereocenters. The van der Waals surface area contributed by atoms with Crippen molar-refractivity contribution in [3.8, 4) is 11.5 Å². The lowest BCUT2D eigenvalue weighted by atomic mass is 9.78. The molecule has 1 N–H and O–H groups in total. The number of rotatable bonds is 10. The molecule has 2 aliphatic rings. The maximum atomic E-state index is 14.8. The highest BCUT2D eigenvalue weighted by atomic mass is 19.3. The number of benzene rings is 1. The van der Waals surface area contributed by atoms with Gasteiger partial charge in [0.2, 0.25) is 5.82 Å². The normalized spacial score (nSPS) is 26.2. The lowest BCUT2D eigenvalue weighted by Gasteiger charge is -2.37. The summed E-state index contributed by atoms with van der Waals surface area (Å²) in [5.41, 5.74) is -0.0922. The number of carbonyl (C=O) groups is 1. The molecule has 0 aromatic heterocycles. The van der Waals surface area contributed by atoms with Crippen LogP contribution in [-0.2, 0) is 4.74 Å². The zero-order chi connectivity index (χ0) is 24.0. The fourth-order valence-electron chi connectivity index (χ4n) is 5.38. The average Bonchev–Trinajstić information content (AvgIpc) is 2.79. The maximum Gasteiger partial charge on any atom is 0.358 e. The van der Waals surface area contributed by atoms with E-state index in [-0.39, 0.29) is 42.1 Å². The number of phenolic OH excluding ortho intramolecular Hbond substituents is 1. The Labute approximate surface area is 194 Å². The lowest BCUT2D eigenvalue weighted by Crippen LogP contribution is -2.39. The van der Waals surface area contributed by atoms with E-state index in [1.807, 2.05) is 0 Å². The van der Waals surface area contributed by atoms with Crippen LogP contribution in [-0.4, -0.2) is 29.7 Å². The number of ketones is 1. The summed E-state index contributed by atoms with van der Waals surface area (Å²) in [6.45, 7) is 4.08. The van der Waals surface area contributed by atoms with Crippen molar-refractivity contribution in [3.63, 3.8) is 0 Å². The number of halogens is 3. The first-order chi connectivity index (χ1) is 15.7. The molecule has 0 amide bonds. The largest absolute Gasteiger partial charge is 0.504 e. The van der Waals surface area contributed by atoms with Gasteiger partial charge in [-0.1, -0.05) is 19.8 Å². The summed E-state index contributed by atoms with van der Waals surface area (Å²) in [5.74, 6) is -2.42. The number of hydrogen-bond acceptors (Lipinski definition) is 4. The minimum atomic E-state index is -3.15. The first-order valence-corrected chi connectivity index (χ1v) is 12.5. The van der Waals surface area contributed by atoms with Crippen LogP contribution in [0.3, 0.4) is 0 Å². The summed E-state index contributed by atoms with van der Waals surface area (Å²) in [5, 5.41) is 10.1. The highest BCUT2D eigenvalue weighted by Gasteiger charge is 2.45. The van der Waals surface area contributed by atoms with Crippen LogP contribution in [0.25, 0.3) is 0 Å². The fourth-order valence-corrected chi connectivity index (χ4v) is 5.38. The third-order valence-electron chi connectivity index (χ3n) is 7.29. The first-order valence-electron chi connectivity index (χ1n) is 12.5. The van der Waals surface area contributed by atoms with Gasteiger partial charge in [-0.3, -0.25) is 4.79 Å². The highest BCUT2D eigenvalue weighted by Crippen LogP contribution is 2.43. The predicted molar refractivity (Wildman–Crippen MR) is 120 cm³/mol. The monoisotopic (exact) mass is 470 g/mol. The summed E-state index contributed by atoms with van der Waals surface area (Å²) in [4.78, 5) is 12.6. The number of ether oxygens (including phenoxy) is 2. The van der Waals surface area contributed by atoms with Crippen molar-refractivity contribution in [1.82, 2.24) is 0 Å². The molecule has 0 bridgehead atoms. The molecular formula is C26H37F3O4. The van der Waals surface area contributed by atoms with E-state index in [0.717, 1.165) is 25.7 Å². The Kier molecular flexibility index (Phi) is 9.08. The van der Waals surface area contributed by atoms with Crippen molar-refractivity contribution >= 4 is 5.78 Å². The molecular weight excluding hydrogens is 433 g/mol. The average molecular weight is 471 g/mol. The first kappa shape index (κ1) is 25.9. The Morgan fingerprint density at radius 2 is 1.67 bits per heavy atom. The molecule has 1 aromatic carbocycles. The van der Waals surface area contributed by atoms with Gasteiger partial charge in [0.25, 0.3) is 0 Å². The van der Waals surface area contributed by atoms with E-state index in [2.05, 4.69) is 6.92 Å². The van der Waals surface area contributed by atoms with Crippen molar-refractivity contribution in [2.45, 2.75) is 96.7 Å². The quantitative estimate of drug-likeness (QED) is 0.365. The molecule has 0 spiro atoms. The number of hydrogen-bond donors (Lipinski definition) is 1. The van der Waals surface area contributed by atoms with Crippen LogP contribution in [0.2, 0.25) is 0 Å². The summed E-state index contributed by atoms with van der Waals surface area (Å²) in [7, 11) is 0. The third-order valence-corrected chi connectivity index (χ3v) is 7.29. The second-order valence-corrected chi connectivity index (χ2v) is 9.66. The van der Waals surface area contributed by atoms with E-state index in [1.54, 1.807) is 6.92 Å². The smallest absolute Gasteiger partial charge is 0.358 e. The van der Waals surface area contributed by atoms with Crippen LogP contribution in [0.15, 0.2) is 12.1 Å². The van der Waals surface area contributed by atoms with Crippen molar-refractivity contribution in [3.05, 3.63) is 23.5 Å². The van der Waals surface area contributed by atoms with Gasteiger partial charge in [0.15, 0.2) is 17.3 Å². The standard InChI is InChI=1S/C26H37F3O4/c1-3-5-17-8-12-20(13-9-17)33-26(28,29)19-10-6-18(7-11-19)16-22(30)21-14-15-23(32-4-2)24(27)25(21)31/h14-15,17-20,31H,3-13,16H2,1-2H3. The third kappa shape index (κ3) is 6.65. The Morgan fingerprint density at radius 1 is 1.03 bits per heavy atom. The van der Waals surface area contributed by atoms with Crippen molar-refractivity contribution in [2.24, 2.45) is 17.8 Å². The molecule has 2 fully saturated rings. The van der Waals surface area contributed by atoms with Gasteiger partial charge in [-0.2, -0.15) is 13.2 Å². The van der Waals surface area contributed by atoms with Crippen LogP contribution in [0.4, 0.5) is 13.2 Å². The molecule has 1 aromatic rings.